The van der Waals surface area contributed by atoms with Crippen molar-refractivity contribution in [2.75, 3.05) is 13.2 Å². The highest BCUT2D eigenvalue weighted by atomic mass is 35.5. The summed E-state index contributed by atoms with van der Waals surface area (Å²) in [6.45, 7) is 1.45. The van der Waals surface area contributed by atoms with Gasteiger partial charge in [0.05, 0.1) is 6.54 Å². The van der Waals surface area contributed by atoms with Crippen molar-refractivity contribution >= 4 is 35.5 Å². The second-order valence-corrected chi connectivity index (χ2v) is 5.96. The summed E-state index contributed by atoms with van der Waals surface area (Å²) < 4.78 is 4.78. The van der Waals surface area contributed by atoms with E-state index in [0.29, 0.717) is 16.1 Å². The standard InChI is InChI=1S/C20H19ClN2O4/c1-14(24)27-12-11-22-20(26)18(13-15-7-9-17(21)10-8-15)23-19(25)16-5-3-2-4-6-16/h2-10,13H,11-12H2,1H3,(H,22,26)(H,23,25). The molecule has 0 unspecified atom stereocenters. The summed E-state index contributed by atoms with van der Waals surface area (Å²) in [5, 5.41) is 5.78. The van der Waals surface area contributed by atoms with Crippen LogP contribution in [0.15, 0.2) is 60.3 Å². The Morgan fingerprint density at radius 2 is 1.70 bits per heavy atom. The maximum Gasteiger partial charge on any atom is 0.302 e. The van der Waals surface area contributed by atoms with Crippen LogP contribution in [0.5, 0.6) is 0 Å². The highest BCUT2D eigenvalue weighted by Gasteiger charge is 2.14. The van der Waals surface area contributed by atoms with Crippen LogP contribution < -0.4 is 10.6 Å². The van der Waals surface area contributed by atoms with Gasteiger partial charge in [0.25, 0.3) is 11.8 Å². The van der Waals surface area contributed by atoms with Crippen LogP contribution in [0.25, 0.3) is 6.08 Å². The Morgan fingerprint density at radius 3 is 2.33 bits per heavy atom. The zero-order chi connectivity index (χ0) is 19.6. The molecule has 0 aliphatic carbocycles. The number of amides is 2. The molecule has 0 aliphatic rings. The highest BCUT2D eigenvalue weighted by Crippen LogP contribution is 2.12. The number of hydrogen-bond donors (Lipinski definition) is 2. The van der Waals surface area contributed by atoms with Gasteiger partial charge in [-0.3, -0.25) is 14.4 Å². The molecule has 2 N–H and O–H groups in total. The summed E-state index contributed by atoms with van der Waals surface area (Å²) in [7, 11) is 0. The van der Waals surface area contributed by atoms with Crippen LogP contribution in [0.1, 0.15) is 22.8 Å². The van der Waals surface area contributed by atoms with Crippen molar-refractivity contribution in [3.63, 3.8) is 0 Å². The molecule has 0 spiro atoms. The predicted molar refractivity (Wildman–Crippen MR) is 103 cm³/mol. The molecule has 2 aromatic rings. The molecule has 0 bridgehead atoms. The number of esters is 1. The van der Waals surface area contributed by atoms with E-state index in [9.17, 15) is 14.4 Å². The lowest BCUT2D eigenvalue weighted by Gasteiger charge is -2.11. The van der Waals surface area contributed by atoms with Crippen molar-refractivity contribution in [1.82, 2.24) is 10.6 Å². The number of halogens is 1. The molecule has 0 aliphatic heterocycles. The third-order valence-electron chi connectivity index (χ3n) is 3.40. The quantitative estimate of drug-likeness (QED) is 0.435. The van der Waals surface area contributed by atoms with E-state index >= 15 is 0 Å². The van der Waals surface area contributed by atoms with Crippen LogP contribution in [0.3, 0.4) is 0 Å². The van der Waals surface area contributed by atoms with Gasteiger partial charge in [-0.1, -0.05) is 41.9 Å². The fourth-order valence-corrected chi connectivity index (χ4v) is 2.25. The monoisotopic (exact) mass is 386 g/mol. The first-order chi connectivity index (χ1) is 13.0. The van der Waals surface area contributed by atoms with Gasteiger partial charge in [-0.25, -0.2) is 0 Å². The molecule has 2 rings (SSSR count). The second-order valence-electron chi connectivity index (χ2n) is 5.53. The Morgan fingerprint density at radius 1 is 1.04 bits per heavy atom. The zero-order valence-electron chi connectivity index (χ0n) is 14.7. The summed E-state index contributed by atoms with van der Waals surface area (Å²) in [5.41, 5.74) is 1.18. The number of hydrogen-bond acceptors (Lipinski definition) is 4. The summed E-state index contributed by atoms with van der Waals surface area (Å²) >= 11 is 5.87. The Kier molecular flexibility index (Phi) is 7.58. The molecule has 2 amide bonds. The summed E-state index contributed by atoms with van der Waals surface area (Å²) in [4.78, 5) is 35.6. The first-order valence-corrected chi connectivity index (χ1v) is 8.59. The van der Waals surface area contributed by atoms with Gasteiger partial charge < -0.3 is 15.4 Å². The largest absolute Gasteiger partial charge is 0.464 e. The van der Waals surface area contributed by atoms with E-state index in [4.69, 9.17) is 16.3 Å². The number of benzene rings is 2. The number of rotatable bonds is 7. The van der Waals surface area contributed by atoms with Crippen molar-refractivity contribution in [1.29, 1.82) is 0 Å². The van der Waals surface area contributed by atoms with Gasteiger partial charge in [-0.05, 0) is 35.9 Å². The SMILES string of the molecule is CC(=O)OCCNC(=O)C(=Cc1ccc(Cl)cc1)NC(=O)c1ccccc1. The Labute approximate surface area is 162 Å². The minimum Gasteiger partial charge on any atom is -0.464 e. The van der Waals surface area contributed by atoms with Gasteiger partial charge in [0.15, 0.2) is 0 Å². The minimum atomic E-state index is -0.499. The average Bonchev–Trinajstić information content (AvgIpc) is 2.66. The van der Waals surface area contributed by atoms with E-state index in [1.165, 1.54) is 6.92 Å². The van der Waals surface area contributed by atoms with Crippen LogP contribution >= 0.6 is 11.6 Å². The molecule has 6 nitrogen and oxygen atoms in total. The lowest BCUT2D eigenvalue weighted by atomic mass is 10.1. The van der Waals surface area contributed by atoms with Crippen molar-refractivity contribution < 1.29 is 19.1 Å². The van der Waals surface area contributed by atoms with Gasteiger partial charge in [-0.15, -0.1) is 0 Å². The first kappa shape index (κ1) is 20.2. The Hall–Kier alpha value is -3.12. The number of nitrogens with one attached hydrogen (secondary N) is 2. The summed E-state index contributed by atoms with van der Waals surface area (Å²) in [6, 6.07) is 15.4. The van der Waals surface area contributed by atoms with Gasteiger partial charge in [0.1, 0.15) is 12.3 Å². The molecule has 7 heteroatoms. The van der Waals surface area contributed by atoms with Gasteiger partial charge in [0.2, 0.25) is 0 Å². The van der Waals surface area contributed by atoms with Gasteiger partial charge >= 0.3 is 5.97 Å². The fraction of sp³-hybridized carbons (Fsp3) is 0.150. The number of ether oxygens (including phenoxy) is 1. The van der Waals surface area contributed by atoms with Crippen molar-refractivity contribution in [2.24, 2.45) is 0 Å². The van der Waals surface area contributed by atoms with Crippen LogP contribution in [0.2, 0.25) is 5.02 Å². The van der Waals surface area contributed by atoms with Crippen molar-refractivity contribution in [3.05, 3.63) is 76.4 Å². The Bertz CT molecular complexity index is 833. The van der Waals surface area contributed by atoms with Crippen LogP contribution in [-0.2, 0) is 14.3 Å². The Balaban J connectivity index is 2.14. The van der Waals surface area contributed by atoms with E-state index in [1.807, 2.05) is 0 Å². The lowest BCUT2D eigenvalue weighted by Crippen LogP contribution is -2.36. The molecular formula is C20H19ClN2O4. The first-order valence-electron chi connectivity index (χ1n) is 8.21. The van der Waals surface area contributed by atoms with Crippen molar-refractivity contribution in [2.45, 2.75) is 6.92 Å². The molecule has 27 heavy (non-hydrogen) atoms. The molecule has 0 aromatic heterocycles. The topological polar surface area (TPSA) is 84.5 Å². The number of carbonyl (C=O) groups excluding carboxylic acids is 3. The predicted octanol–water partition coefficient (Wildman–Crippen LogP) is 2.79. The molecule has 0 heterocycles. The molecular weight excluding hydrogens is 368 g/mol. The molecule has 140 valence electrons. The smallest absolute Gasteiger partial charge is 0.302 e. The average molecular weight is 387 g/mol. The van der Waals surface area contributed by atoms with Crippen LogP contribution in [-0.4, -0.2) is 30.9 Å². The molecule has 0 atom stereocenters. The maximum atomic E-state index is 12.5. The van der Waals surface area contributed by atoms with Gasteiger partial charge in [-0.2, -0.15) is 0 Å². The highest BCUT2D eigenvalue weighted by molar-refractivity contribution is 6.30. The van der Waals surface area contributed by atoms with Crippen molar-refractivity contribution in [3.8, 4) is 0 Å². The second kappa shape index (κ2) is 10.1. The molecule has 0 radical (unpaired) electrons. The van der Waals surface area contributed by atoms with E-state index in [-0.39, 0.29) is 18.8 Å². The van der Waals surface area contributed by atoms with E-state index in [1.54, 1.807) is 60.7 Å². The van der Waals surface area contributed by atoms with E-state index in [2.05, 4.69) is 10.6 Å². The lowest BCUT2D eigenvalue weighted by molar-refractivity contribution is -0.141. The normalized spacial score (nSPS) is 10.8. The molecule has 2 aromatic carbocycles. The van der Waals surface area contributed by atoms with Crippen LogP contribution in [0, 0.1) is 0 Å². The zero-order valence-corrected chi connectivity index (χ0v) is 15.5. The van der Waals surface area contributed by atoms with Crippen LogP contribution in [0.4, 0.5) is 0 Å². The molecule has 0 fully saturated rings. The van der Waals surface area contributed by atoms with E-state index in [0.717, 1.165) is 0 Å². The van der Waals surface area contributed by atoms with E-state index < -0.39 is 17.8 Å². The molecule has 0 saturated heterocycles. The fourth-order valence-electron chi connectivity index (χ4n) is 2.12. The number of carbonyl (C=O) groups is 3. The molecule has 0 saturated carbocycles. The third kappa shape index (κ3) is 6.95. The summed E-state index contributed by atoms with van der Waals surface area (Å²) in [5.74, 6) is -1.34. The summed E-state index contributed by atoms with van der Waals surface area (Å²) in [6.07, 6.45) is 1.54. The third-order valence-corrected chi connectivity index (χ3v) is 3.65. The maximum absolute atomic E-state index is 12.5. The van der Waals surface area contributed by atoms with Gasteiger partial charge in [0, 0.05) is 17.5 Å². The minimum absolute atomic E-state index is 0.0436.